The molecular weight excluding hydrogens is 292 g/mol. The van der Waals surface area contributed by atoms with Gasteiger partial charge in [-0.15, -0.1) is 0 Å². The highest BCUT2D eigenvalue weighted by atomic mass is 35.5. The van der Waals surface area contributed by atoms with Crippen LogP contribution in [0.5, 0.6) is 0 Å². The third-order valence-corrected chi connectivity index (χ3v) is 3.50. The van der Waals surface area contributed by atoms with Crippen molar-refractivity contribution in [2.24, 2.45) is 0 Å². The number of halogens is 1. The summed E-state index contributed by atoms with van der Waals surface area (Å²) < 4.78 is 0. The van der Waals surface area contributed by atoms with Crippen molar-refractivity contribution >= 4 is 29.1 Å². The fourth-order valence-corrected chi connectivity index (χ4v) is 2.29. The second-order valence-electron chi connectivity index (χ2n) is 4.55. The molecule has 5 nitrogen and oxygen atoms in total. The Balaban J connectivity index is 2.88. The summed E-state index contributed by atoms with van der Waals surface area (Å²) in [4.78, 5) is 23.6. The molecule has 2 amide bonds. The lowest BCUT2D eigenvalue weighted by Crippen LogP contribution is -2.36. The fourth-order valence-electron chi connectivity index (χ4n) is 2.00. The van der Waals surface area contributed by atoms with Crippen LogP contribution in [-0.2, 0) is 22.4 Å². The Morgan fingerprint density at radius 3 is 2.48 bits per heavy atom. The number of anilines is 1. The minimum absolute atomic E-state index is 0.0316. The van der Waals surface area contributed by atoms with Gasteiger partial charge in [-0.2, -0.15) is 0 Å². The van der Waals surface area contributed by atoms with Crippen LogP contribution in [0.4, 0.5) is 5.69 Å². The molecule has 0 unspecified atom stereocenters. The average Bonchev–Trinajstić information content (AvgIpc) is 2.47. The molecule has 3 N–H and O–H groups in total. The summed E-state index contributed by atoms with van der Waals surface area (Å²) in [5, 5.41) is 14.3. The molecule has 1 rings (SSSR count). The SMILES string of the molecule is CCc1ccc(Cl)c(CC)c1NC(=O)C(=O)NCCCO. The van der Waals surface area contributed by atoms with Gasteiger partial charge in [-0.05, 0) is 36.5 Å². The zero-order chi connectivity index (χ0) is 15.8. The van der Waals surface area contributed by atoms with Gasteiger partial charge >= 0.3 is 11.8 Å². The highest BCUT2D eigenvalue weighted by Crippen LogP contribution is 2.29. The Bertz CT molecular complexity index is 518. The van der Waals surface area contributed by atoms with Gasteiger partial charge in [-0.25, -0.2) is 0 Å². The Labute approximate surface area is 129 Å². The molecule has 0 aromatic heterocycles. The molecule has 0 bridgehead atoms. The van der Waals surface area contributed by atoms with E-state index in [1.54, 1.807) is 6.07 Å². The number of hydrogen-bond acceptors (Lipinski definition) is 3. The molecule has 1 aromatic carbocycles. The van der Waals surface area contributed by atoms with Gasteiger partial charge < -0.3 is 15.7 Å². The number of nitrogens with one attached hydrogen (secondary N) is 2. The monoisotopic (exact) mass is 312 g/mol. The molecule has 1 aromatic rings. The van der Waals surface area contributed by atoms with Crippen molar-refractivity contribution in [3.05, 3.63) is 28.3 Å². The summed E-state index contributed by atoms with van der Waals surface area (Å²) in [6.45, 7) is 4.15. The molecule has 116 valence electrons. The largest absolute Gasteiger partial charge is 0.396 e. The smallest absolute Gasteiger partial charge is 0.313 e. The number of carbonyl (C=O) groups is 2. The van der Waals surface area contributed by atoms with Gasteiger partial charge in [0.2, 0.25) is 0 Å². The van der Waals surface area contributed by atoms with Crippen molar-refractivity contribution in [1.82, 2.24) is 5.32 Å². The standard InChI is InChI=1S/C15H21ClN2O3/c1-3-10-6-7-12(16)11(4-2)13(10)18-15(21)14(20)17-8-5-9-19/h6-7,19H,3-5,8-9H2,1-2H3,(H,17,20)(H,18,21). The van der Waals surface area contributed by atoms with Crippen molar-refractivity contribution in [2.45, 2.75) is 33.1 Å². The van der Waals surface area contributed by atoms with Gasteiger partial charge in [-0.3, -0.25) is 9.59 Å². The van der Waals surface area contributed by atoms with E-state index in [2.05, 4.69) is 10.6 Å². The van der Waals surface area contributed by atoms with E-state index in [9.17, 15) is 9.59 Å². The Morgan fingerprint density at radius 1 is 1.19 bits per heavy atom. The number of aryl methyl sites for hydroxylation is 1. The summed E-state index contributed by atoms with van der Waals surface area (Å²) in [5.74, 6) is -1.44. The summed E-state index contributed by atoms with van der Waals surface area (Å²) in [7, 11) is 0. The Kier molecular flexibility index (Phi) is 7.19. The van der Waals surface area contributed by atoms with Crippen LogP contribution < -0.4 is 10.6 Å². The van der Waals surface area contributed by atoms with Crippen LogP contribution in [0, 0.1) is 0 Å². The van der Waals surface area contributed by atoms with Crippen LogP contribution in [0.3, 0.4) is 0 Å². The highest BCUT2D eigenvalue weighted by molar-refractivity contribution is 6.40. The van der Waals surface area contributed by atoms with Crippen molar-refractivity contribution in [2.75, 3.05) is 18.5 Å². The molecule has 0 saturated carbocycles. The number of amides is 2. The van der Waals surface area contributed by atoms with E-state index in [0.717, 1.165) is 17.5 Å². The number of benzene rings is 1. The van der Waals surface area contributed by atoms with E-state index >= 15 is 0 Å². The average molecular weight is 313 g/mol. The molecule has 0 fully saturated rings. The molecule has 0 aliphatic rings. The fraction of sp³-hybridized carbons (Fsp3) is 0.467. The first-order chi connectivity index (χ1) is 10.0. The third kappa shape index (κ3) is 4.72. The second kappa shape index (κ2) is 8.64. The predicted octanol–water partition coefficient (Wildman–Crippen LogP) is 1.90. The molecule has 0 spiro atoms. The van der Waals surface area contributed by atoms with Crippen molar-refractivity contribution in [3.63, 3.8) is 0 Å². The summed E-state index contributed by atoms with van der Waals surface area (Å²) in [6, 6.07) is 3.65. The number of aliphatic hydroxyl groups excluding tert-OH is 1. The third-order valence-electron chi connectivity index (χ3n) is 3.14. The topological polar surface area (TPSA) is 78.4 Å². The molecule has 0 aliphatic carbocycles. The second-order valence-corrected chi connectivity index (χ2v) is 4.96. The van der Waals surface area contributed by atoms with E-state index in [1.165, 1.54) is 0 Å². The number of aliphatic hydroxyl groups is 1. The maximum atomic E-state index is 11.9. The first kappa shape index (κ1) is 17.5. The lowest BCUT2D eigenvalue weighted by Gasteiger charge is -2.15. The number of rotatable bonds is 6. The van der Waals surface area contributed by atoms with E-state index in [-0.39, 0.29) is 13.2 Å². The van der Waals surface area contributed by atoms with Crippen LogP contribution in [0.15, 0.2) is 12.1 Å². The molecule has 6 heteroatoms. The minimum Gasteiger partial charge on any atom is -0.396 e. The zero-order valence-corrected chi connectivity index (χ0v) is 13.1. The Morgan fingerprint density at radius 2 is 1.90 bits per heavy atom. The zero-order valence-electron chi connectivity index (χ0n) is 12.3. The quantitative estimate of drug-likeness (QED) is 0.554. The number of hydrogen-bond donors (Lipinski definition) is 3. The normalized spacial score (nSPS) is 10.3. The minimum atomic E-state index is -0.723. The first-order valence-electron chi connectivity index (χ1n) is 7.05. The molecule has 0 aliphatic heterocycles. The van der Waals surface area contributed by atoms with Crippen LogP contribution >= 0.6 is 11.6 Å². The van der Waals surface area contributed by atoms with Crippen molar-refractivity contribution in [3.8, 4) is 0 Å². The highest BCUT2D eigenvalue weighted by Gasteiger charge is 2.17. The molecular formula is C15H21ClN2O3. The van der Waals surface area contributed by atoms with Crippen LogP contribution in [-0.4, -0.2) is 30.1 Å². The van der Waals surface area contributed by atoms with Gasteiger partial charge in [0, 0.05) is 23.9 Å². The molecule has 21 heavy (non-hydrogen) atoms. The van der Waals surface area contributed by atoms with Crippen molar-refractivity contribution in [1.29, 1.82) is 0 Å². The predicted molar refractivity (Wildman–Crippen MR) is 83.6 cm³/mol. The van der Waals surface area contributed by atoms with Gasteiger partial charge in [-0.1, -0.05) is 31.5 Å². The van der Waals surface area contributed by atoms with E-state index in [1.807, 2.05) is 19.9 Å². The lowest BCUT2D eigenvalue weighted by atomic mass is 10.0. The summed E-state index contributed by atoms with van der Waals surface area (Å²) >= 11 is 6.14. The van der Waals surface area contributed by atoms with Crippen LogP contribution in [0.25, 0.3) is 0 Å². The molecule has 0 saturated heterocycles. The maximum absolute atomic E-state index is 11.9. The molecule has 0 atom stereocenters. The number of carbonyl (C=O) groups excluding carboxylic acids is 2. The summed E-state index contributed by atoms with van der Waals surface area (Å²) in [6.07, 6.45) is 1.80. The maximum Gasteiger partial charge on any atom is 0.313 e. The van der Waals surface area contributed by atoms with Crippen molar-refractivity contribution < 1.29 is 14.7 Å². The van der Waals surface area contributed by atoms with Gasteiger partial charge in [0.15, 0.2) is 0 Å². The van der Waals surface area contributed by atoms with Gasteiger partial charge in [0.1, 0.15) is 0 Å². The van der Waals surface area contributed by atoms with E-state index in [4.69, 9.17) is 16.7 Å². The Hall–Kier alpha value is -1.59. The lowest BCUT2D eigenvalue weighted by molar-refractivity contribution is -0.136. The van der Waals surface area contributed by atoms with E-state index < -0.39 is 11.8 Å². The van der Waals surface area contributed by atoms with Crippen LogP contribution in [0.2, 0.25) is 5.02 Å². The summed E-state index contributed by atoms with van der Waals surface area (Å²) in [5.41, 5.74) is 2.38. The molecule has 0 heterocycles. The first-order valence-corrected chi connectivity index (χ1v) is 7.43. The van der Waals surface area contributed by atoms with Gasteiger partial charge in [0.25, 0.3) is 0 Å². The molecule has 0 radical (unpaired) electrons. The van der Waals surface area contributed by atoms with Gasteiger partial charge in [0.05, 0.1) is 0 Å². The van der Waals surface area contributed by atoms with Crippen LogP contribution in [0.1, 0.15) is 31.4 Å². The van der Waals surface area contributed by atoms with E-state index in [0.29, 0.717) is 23.6 Å².